The highest BCUT2D eigenvalue weighted by Crippen LogP contribution is 2.47. The summed E-state index contributed by atoms with van der Waals surface area (Å²) in [5.74, 6) is -0.405. The molecule has 2 fully saturated rings. The summed E-state index contributed by atoms with van der Waals surface area (Å²) >= 11 is 0. The van der Waals surface area contributed by atoms with E-state index in [4.69, 9.17) is 14.2 Å². The van der Waals surface area contributed by atoms with Crippen molar-refractivity contribution in [2.45, 2.75) is 43.2 Å². The molecule has 1 atom stereocenters. The summed E-state index contributed by atoms with van der Waals surface area (Å²) in [7, 11) is 1.77. The van der Waals surface area contributed by atoms with Crippen LogP contribution in [-0.2, 0) is 19.8 Å². The van der Waals surface area contributed by atoms with E-state index in [2.05, 4.69) is 24.3 Å². The van der Waals surface area contributed by atoms with Gasteiger partial charge in [0.05, 0.1) is 6.61 Å². The van der Waals surface area contributed by atoms with Crippen molar-refractivity contribution in [2.24, 2.45) is 0 Å². The summed E-state index contributed by atoms with van der Waals surface area (Å²) in [6.45, 7) is 0.553. The second kappa shape index (κ2) is 6.32. The molecule has 3 heteroatoms. The normalized spacial score (nSPS) is 23.0. The topological polar surface area (TPSA) is 27.7 Å². The van der Waals surface area contributed by atoms with Crippen molar-refractivity contribution in [2.75, 3.05) is 13.7 Å². The van der Waals surface area contributed by atoms with Crippen LogP contribution >= 0.6 is 0 Å². The molecule has 0 bridgehead atoms. The zero-order valence-corrected chi connectivity index (χ0v) is 14.1. The highest BCUT2D eigenvalue weighted by atomic mass is 16.8. The van der Waals surface area contributed by atoms with Crippen molar-refractivity contribution in [3.63, 3.8) is 0 Å². The highest BCUT2D eigenvalue weighted by Gasteiger charge is 2.53. The number of ether oxygens (including phenoxy) is 3. The highest BCUT2D eigenvalue weighted by molar-refractivity contribution is 5.38. The summed E-state index contributed by atoms with van der Waals surface area (Å²) in [6, 6.07) is 20.7. The second-order valence-corrected chi connectivity index (χ2v) is 6.71. The lowest BCUT2D eigenvalue weighted by Crippen LogP contribution is -2.45. The van der Waals surface area contributed by atoms with Gasteiger partial charge in [0.15, 0.2) is 5.79 Å². The van der Waals surface area contributed by atoms with E-state index in [1.54, 1.807) is 7.11 Å². The van der Waals surface area contributed by atoms with E-state index in [0.717, 1.165) is 24.0 Å². The van der Waals surface area contributed by atoms with Crippen LogP contribution in [0.25, 0.3) is 0 Å². The molecule has 4 rings (SSSR count). The van der Waals surface area contributed by atoms with Crippen LogP contribution in [0.1, 0.15) is 36.8 Å². The Morgan fingerprint density at radius 1 is 0.917 bits per heavy atom. The predicted molar refractivity (Wildman–Crippen MR) is 92.7 cm³/mol. The fourth-order valence-electron chi connectivity index (χ4n) is 4.21. The third-order valence-electron chi connectivity index (χ3n) is 5.40. The molecule has 0 aromatic heterocycles. The van der Waals surface area contributed by atoms with Crippen molar-refractivity contribution in [1.82, 2.24) is 0 Å². The lowest BCUT2D eigenvalue weighted by Gasteiger charge is -2.38. The fraction of sp³-hybridized carbons (Fsp3) is 0.429. The molecule has 0 radical (unpaired) electrons. The van der Waals surface area contributed by atoms with Crippen LogP contribution in [-0.4, -0.2) is 25.6 Å². The largest absolute Gasteiger partial charge is 0.366 e. The minimum Gasteiger partial charge on any atom is -0.366 e. The molecule has 24 heavy (non-hydrogen) atoms. The molecule has 1 aliphatic heterocycles. The standard InChI is InChI=1S/C21H24O3/c1-22-21(17-10-4-2-5-11-17,18-12-6-3-7-13-18)19-16-23-20(24-19)14-8-9-15-20/h2-7,10-13,19H,8-9,14-16H2,1H3/t19-/m1/s1. The van der Waals surface area contributed by atoms with Crippen molar-refractivity contribution < 1.29 is 14.2 Å². The van der Waals surface area contributed by atoms with Gasteiger partial charge < -0.3 is 14.2 Å². The van der Waals surface area contributed by atoms with E-state index in [9.17, 15) is 0 Å². The van der Waals surface area contributed by atoms with Crippen molar-refractivity contribution in [3.05, 3.63) is 71.8 Å². The van der Waals surface area contributed by atoms with Crippen molar-refractivity contribution in [1.29, 1.82) is 0 Å². The zero-order valence-electron chi connectivity index (χ0n) is 14.1. The van der Waals surface area contributed by atoms with Gasteiger partial charge in [-0.15, -0.1) is 0 Å². The van der Waals surface area contributed by atoms with Crippen LogP contribution in [0.2, 0.25) is 0 Å². The molecule has 0 N–H and O–H groups in total. The number of rotatable bonds is 4. The summed E-state index contributed by atoms with van der Waals surface area (Å²) in [4.78, 5) is 0. The number of hydrogen-bond donors (Lipinski definition) is 0. The van der Waals surface area contributed by atoms with Gasteiger partial charge in [0.2, 0.25) is 0 Å². The third-order valence-corrected chi connectivity index (χ3v) is 5.40. The average Bonchev–Trinajstić information content (AvgIpc) is 3.29. The smallest absolute Gasteiger partial charge is 0.169 e. The molecule has 1 spiro atoms. The molecule has 1 aliphatic carbocycles. The van der Waals surface area contributed by atoms with Crippen LogP contribution in [0.4, 0.5) is 0 Å². The van der Waals surface area contributed by atoms with Gasteiger partial charge >= 0.3 is 0 Å². The summed E-state index contributed by atoms with van der Waals surface area (Å²) in [6.07, 6.45) is 4.14. The second-order valence-electron chi connectivity index (χ2n) is 6.71. The van der Waals surface area contributed by atoms with Gasteiger partial charge in [-0.1, -0.05) is 60.7 Å². The Balaban J connectivity index is 1.79. The molecule has 1 heterocycles. The maximum Gasteiger partial charge on any atom is 0.169 e. The molecule has 3 nitrogen and oxygen atoms in total. The van der Waals surface area contributed by atoms with Gasteiger partial charge in [0.25, 0.3) is 0 Å². The summed E-state index contributed by atoms with van der Waals surface area (Å²) < 4.78 is 18.9. The Morgan fingerprint density at radius 2 is 1.46 bits per heavy atom. The third kappa shape index (κ3) is 2.48. The van der Waals surface area contributed by atoms with E-state index in [-0.39, 0.29) is 6.10 Å². The number of hydrogen-bond acceptors (Lipinski definition) is 3. The van der Waals surface area contributed by atoms with E-state index in [0.29, 0.717) is 6.61 Å². The minimum absolute atomic E-state index is 0.162. The van der Waals surface area contributed by atoms with Crippen LogP contribution in [0, 0.1) is 0 Å². The molecule has 2 aromatic carbocycles. The maximum absolute atomic E-state index is 6.53. The molecule has 0 unspecified atom stereocenters. The number of benzene rings is 2. The molecule has 1 saturated carbocycles. The first-order chi connectivity index (χ1) is 11.8. The molecular formula is C21H24O3. The molecule has 1 saturated heterocycles. The zero-order chi connectivity index (χ0) is 16.5. The van der Waals surface area contributed by atoms with E-state index >= 15 is 0 Å². The lowest BCUT2D eigenvalue weighted by molar-refractivity contribution is -0.187. The first-order valence-electron chi connectivity index (χ1n) is 8.77. The van der Waals surface area contributed by atoms with Gasteiger partial charge in [0, 0.05) is 20.0 Å². The van der Waals surface area contributed by atoms with Gasteiger partial charge in [-0.05, 0) is 24.0 Å². The molecular weight excluding hydrogens is 300 g/mol. The maximum atomic E-state index is 6.53. The Kier molecular flexibility index (Phi) is 4.17. The lowest BCUT2D eigenvalue weighted by atomic mass is 9.81. The van der Waals surface area contributed by atoms with E-state index < -0.39 is 11.4 Å². The van der Waals surface area contributed by atoms with Crippen LogP contribution in [0.15, 0.2) is 60.7 Å². The Hall–Kier alpha value is -1.68. The average molecular weight is 324 g/mol. The molecule has 2 aromatic rings. The first-order valence-corrected chi connectivity index (χ1v) is 8.77. The first kappa shape index (κ1) is 15.8. The van der Waals surface area contributed by atoms with E-state index in [1.165, 1.54) is 12.8 Å². The molecule has 126 valence electrons. The number of methoxy groups -OCH3 is 1. The SMILES string of the molecule is COC(c1ccccc1)(c1ccccc1)[C@H]1COC2(CCCC2)O1. The van der Waals surface area contributed by atoms with Gasteiger partial charge in [-0.2, -0.15) is 0 Å². The van der Waals surface area contributed by atoms with Crippen LogP contribution in [0.3, 0.4) is 0 Å². The summed E-state index contributed by atoms with van der Waals surface area (Å²) in [5.41, 5.74) is 1.54. The Bertz CT molecular complexity index is 622. The van der Waals surface area contributed by atoms with Gasteiger partial charge in [-0.25, -0.2) is 0 Å². The fourth-order valence-corrected chi connectivity index (χ4v) is 4.21. The van der Waals surface area contributed by atoms with E-state index in [1.807, 2.05) is 36.4 Å². The van der Waals surface area contributed by atoms with Gasteiger partial charge in [-0.3, -0.25) is 0 Å². The Labute approximate surface area is 143 Å². The summed E-state index contributed by atoms with van der Waals surface area (Å²) in [5, 5.41) is 0. The van der Waals surface area contributed by atoms with Crippen LogP contribution in [0.5, 0.6) is 0 Å². The van der Waals surface area contributed by atoms with Crippen molar-refractivity contribution >= 4 is 0 Å². The minimum atomic E-state index is -0.658. The van der Waals surface area contributed by atoms with Gasteiger partial charge in [0.1, 0.15) is 11.7 Å². The predicted octanol–water partition coefficient (Wildman–Crippen LogP) is 4.26. The van der Waals surface area contributed by atoms with Crippen molar-refractivity contribution in [3.8, 4) is 0 Å². The quantitative estimate of drug-likeness (QED) is 0.841. The monoisotopic (exact) mass is 324 g/mol. The Morgan fingerprint density at radius 3 is 1.96 bits per heavy atom. The molecule has 0 amide bonds. The van der Waals surface area contributed by atoms with Crippen LogP contribution < -0.4 is 0 Å². The molecule has 2 aliphatic rings.